The number of hydrogen-bond acceptors (Lipinski definition) is 7. The number of carbonyl (C=O) groups is 3. The van der Waals surface area contributed by atoms with Gasteiger partial charge < -0.3 is 25.6 Å². The van der Waals surface area contributed by atoms with Crippen LogP contribution >= 0.6 is 0 Å². The van der Waals surface area contributed by atoms with Crippen molar-refractivity contribution in [3.05, 3.63) is 29.8 Å². The summed E-state index contributed by atoms with van der Waals surface area (Å²) in [5.74, 6) is -0.496. The molecule has 5 fully saturated rings. The number of nitrogens with one attached hydrogen (secondary N) is 1. The predicted octanol–water partition coefficient (Wildman–Crippen LogP) is 1.16. The molecule has 0 aromatic heterocycles. The molecule has 9 heteroatoms. The zero-order valence-corrected chi connectivity index (χ0v) is 21.5. The van der Waals surface area contributed by atoms with Crippen LogP contribution in [0.2, 0.25) is 0 Å². The van der Waals surface area contributed by atoms with Crippen LogP contribution in [0.5, 0.6) is 0 Å². The predicted molar refractivity (Wildman–Crippen MR) is 139 cm³/mol. The number of amides is 2. The first-order valence-electron chi connectivity index (χ1n) is 14.1. The van der Waals surface area contributed by atoms with Crippen LogP contribution in [0.15, 0.2) is 24.3 Å². The number of fused-ring (bicyclic) bond motifs is 1. The van der Waals surface area contributed by atoms with Crippen molar-refractivity contribution in [1.82, 2.24) is 15.1 Å². The van der Waals surface area contributed by atoms with Gasteiger partial charge in [0.2, 0.25) is 5.91 Å². The molecule has 6 rings (SSSR count). The first kappa shape index (κ1) is 24.8. The van der Waals surface area contributed by atoms with Gasteiger partial charge in [0.15, 0.2) is 5.78 Å². The summed E-state index contributed by atoms with van der Waals surface area (Å²) in [7, 11) is 0. The zero-order valence-electron chi connectivity index (χ0n) is 21.5. The lowest BCUT2D eigenvalue weighted by Gasteiger charge is -2.36. The number of ether oxygens (including phenoxy) is 1. The topological polar surface area (TPSA) is 108 Å². The number of rotatable bonds is 6. The van der Waals surface area contributed by atoms with E-state index in [2.05, 4.69) is 15.1 Å². The van der Waals surface area contributed by atoms with Gasteiger partial charge in [0.1, 0.15) is 24.8 Å². The second-order valence-electron chi connectivity index (χ2n) is 11.5. The highest BCUT2D eigenvalue weighted by atomic mass is 16.5. The van der Waals surface area contributed by atoms with Gasteiger partial charge in [-0.2, -0.15) is 0 Å². The third kappa shape index (κ3) is 5.01. The van der Waals surface area contributed by atoms with E-state index in [0.717, 1.165) is 70.0 Å². The SMILES string of the molecule is N[C@@H]1CN(C(=O)[C@@H](NC(=O)c2ccc(N3CCN(C4CC4)CC3)cc2)C2CCCCC2)[C@@H]2C(=O)CO[C@H]12. The summed E-state index contributed by atoms with van der Waals surface area (Å²) in [5.41, 5.74) is 7.89. The number of Topliss-reactive ketones (excluding diaryl/α,β-unsaturated/α-hetero) is 1. The van der Waals surface area contributed by atoms with Crippen LogP contribution < -0.4 is 16.0 Å². The van der Waals surface area contributed by atoms with Crippen LogP contribution in [0.4, 0.5) is 5.69 Å². The minimum absolute atomic E-state index is 0.00472. The van der Waals surface area contributed by atoms with E-state index in [1.165, 1.54) is 12.8 Å². The van der Waals surface area contributed by atoms with Crippen LogP contribution in [0.3, 0.4) is 0 Å². The van der Waals surface area contributed by atoms with Gasteiger partial charge in [-0.05, 0) is 55.9 Å². The fraction of sp³-hybridized carbons (Fsp3) is 0.679. The van der Waals surface area contributed by atoms with Gasteiger partial charge in [0.05, 0.1) is 6.04 Å². The Morgan fingerprint density at radius 1 is 0.973 bits per heavy atom. The number of benzene rings is 1. The molecular formula is C28H39N5O4. The van der Waals surface area contributed by atoms with Gasteiger partial charge in [0.25, 0.3) is 5.91 Å². The fourth-order valence-electron chi connectivity index (χ4n) is 6.78. The Labute approximate surface area is 218 Å². The second kappa shape index (κ2) is 10.3. The summed E-state index contributed by atoms with van der Waals surface area (Å²) in [4.78, 5) is 46.2. The maximum Gasteiger partial charge on any atom is 0.251 e. The van der Waals surface area contributed by atoms with Gasteiger partial charge in [-0.15, -0.1) is 0 Å². The number of ketones is 1. The molecular weight excluding hydrogens is 470 g/mol. The van der Waals surface area contributed by atoms with E-state index >= 15 is 0 Å². The molecule has 37 heavy (non-hydrogen) atoms. The molecule has 5 aliphatic rings. The van der Waals surface area contributed by atoms with Gasteiger partial charge in [-0.1, -0.05) is 19.3 Å². The first-order chi connectivity index (χ1) is 18.0. The van der Waals surface area contributed by atoms with E-state index < -0.39 is 18.2 Å². The Morgan fingerprint density at radius 3 is 2.35 bits per heavy atom. The average Bonchev–Trinajstić information content (AvgIpc) is 3.64. The van der Waals surface area contributed by atoms with E-state index in [1.807, 2.05) is 24.3 Å². The molecule has 2 saturated carbocycles. The standard InChI is InChI=1S/C28H39N5O4/c29-22-16-33(25-23(34)17-37-26(22)25)28(36)24(18-4-2-1-3-5-18)30-27(35)19-6-8-20(9-7-19)31-12-14-32(15-13-31)21-10-11-21/h6-9,18,21-22,24-26H,1-5,10-17,29H2,(H,30,35)/t22-,24+,25-,26-/m1/s1. The van der Waals surface area contributed by atoms with Gasteiger partial charge in [0, 0.05) is 50.0 Å². The number of piperazine rings is 1. The molecule has 2 amide bonds. The van der Waals surface area contributed by atoms with Crippen LogP contribution in [-0.4, -0.2) is 97.0 Å². The third-order valence-electron chi connectivity index (χ3n) is 9.05. The number of anilines is 1. The minimum Gasteiger partial charge on any atom is -0.369 e. The van der Waals surface area contributed by atoms with Crippen molar-refractivity contribution in [3.63, 3.8) is 0 Å². The van der Waals surface area contributed by atoms with Crippen molar-refractivity contribution in [2.75, 3.05) is 44.2 Å². The molecule has 0 spiro atoms. The smallest absolute Gasteiger partial charge is 0.251 e. The van der Waals surface area contributed by atoms with Crippen molar-refractivity contribution in [2.45, 2.75) is 75.2 Å². The maximum atomic E-state index is 13.8. The Hall–Kier alpha value is -2.49. The van der Waals surface area contributed by atoms with Crippen LogP contribution in [0.1, 0.15) is 55.3 Å². The third-order valence-corrected chi connectivity index (χ3v) is 9.05. The summed E-state index contributed by atoms with van der Waals surface area (Å²) in [6, 6.07) is 6.85. The molecule has 3 heterocycles. The monoisotopic (exact) mass is 509 g/mol. The van der Waals surface area contributed by atoms with Gasteiger partial charge in [-0.25, -0.2) is 0 Å². The van der Waals surface area contributed by atoms with Crippen LogP contribution in [-0.2, 0) is 14.3 Å². The van der Waals surface area contributed by atoms with Crippen molar-refractivity contribution in [3.8, 4) is 0 Å². The molecule has 4 atom stereocenters. The fourth-order valence-corrected chi connectivity index (χ4v) is 6.78. The Kier molecular flexibility index (Phi) is 6.94. The van der Waals surface area contributed by atoms with E-state index in [9.17, 15) is 14.4 Å². The van der Waals surface area contributed by atoms with E-state index in [-0.39, 0.29) is 42.7 Å². The van der Waals surface area contributed by atoms with Gasteiger partial charge >= 0.3 is 0 Å². The molecule has 0 radical (unpaired) electrons. The summed E-state index contributed by atoms with van der Waals surface area (Å²) in [5, 5.41) is 3.07. The lowest BCUT2D eigenvalue weighted by atomic mass is 9.83. The van der Waals surface area contributed by atoms with Crippen LogP contribution in [0, 0.1) is 5.92 Å². The Balaban J connectivity index is 1.14. The van der Waals surface area contributed by atoms with E-state index in [0.29, 0.717) is 5.56 Å². The minimum atomic E-state index is -0.665. The molecule has 1 aromatic carbocycles. The molecule has 3 saturated heterocycles. The number of likely N-dealkylation sites (tertiary alicyclic amines) is 1. The molecule has 2 aliphatic carbocycles. The zero-order chi connectivity index (χ0) is 25.5. The molecule has 200 valence electrons. The lowest BCUT2D eigenvalue weighted by Crippen LogP contribution is -2.55. The van der Waals surface area contributed by atoms with Gasteiger partial charge in [-0.3, -0.25) is 19.3 Å². The number of nitrogens with zero attached hydrogens (tertiary/aromatic N) is 3. The van der Waals surface area contributed by atoms with Crippen molar-refractivity contribution in [2.24, 2.45) is 11.7 Å². The highest BCUT2D eigenvalue weighted by Crippen LogP contribution is 2.32. The Morgan fingerprint density at radius 2 is 1.68 bits per heavy atom. The summed E-state index contributed by atoms with van der Waals surface area (Å²) in [6.45, 7) is 4.46. The van der Waals surface area contributed by atoms with E-state index in [4.69, 9.17) is 10.5 Å². The van der Waals surface area contributed by atoms with Crippen LogP contribution in [0.25, 0.3) is 0 Å². The normalized spacial score (nSPS) is 29.9. The second-order valence-corrected chi connectivity index (χ2v) is 11.5. The summed E-state index contributed by atoms with van der Waals surface area (Å²) >= 11 is 0. The molecule has 9 nitrogen and oxygen atoms in total. The quantitative estimate of drug-likeness (QED) is 0.592. The molecule has 3 N–H and O–H groups in total. The molecule has 3 aliphatic heterocycles. The highest BCUT2D eigenvalue weighted by molar-refractivity contribution is 5.99. The number of nitrogens with two attached hydrogens (primary N) is 1. The number of hydrogen-bond donors (Lipinski definition) is 2. The lowest BCUT2D eigenvalue weighted by molar-refractivity contribution is -0.139. The summed E-state index contributed by atoms with van der Waals surface area (Å²) in [6.07, 6.45) is 7.24. The maximum absolute atomic E-state index is 13.8. The molecule has 1 aromatic rings. The average molecular weight is 510 g/mol. The Bertz CT molecular complexity index is 1010. The van der Waals surface area contributed by atoms with Crippen molar-refractivity contribution < 1.29 is 19.1 Å². The highest BCUT2D eigenvalue weighted by Gasteiger charge is 2.52. The number of carbonyl (C=O) groups excluding carboxylic acids is 3. The van der Waals surface area contributed by atoms with E-state index in [1.54, 1.807) is 4.90 Å². The summed E-state index contributed by atoms with van der Waals surface area (Å²) < 4.78 is 5.58. The van der Waals surface area contributed by atoms with Crippen molar-refractivity contribution >= 4 is 23.3 Å². The largest absolute Gasteiger partial charge is 0.369 e. The molecule has 0 unspecified atom stereocenters. The van der Waals surface area contributed by atoms with Crippen molar-refractivity contribution in [1.29, 1.82) is 0 Å². The molecule has 0 bridgehead atoms. The first-order valence-corrected chi connectivity index (χ1v) is 14.1.